The highest BCUT2D eigenvalue weighted by Gasteiger charge is 2.30. The molecule has 0 aromatic heterocycles. The highest BCUT2D eigenvalue weighted by molar-refractivity contribution is 6.45. The molecule has 32 heavy (non-hydrogen) atoms. The lowest BCUT2D eigenvalue weighted by Gasteiger charge is -2.24. The van der Waals surface area contributed by atoms with Crippen LogP contribution in [0, 0.1) is 22.7 Å². The van der Waals surface area contributed by atoms with E-state index in [1.165, 1.54) is 62.8 Å². The molecule has 0 saturated carbocycles. The molecule has 2 rings (SSSR count). The van der Waals surface area contributed by atoms with Crippen LogP contribution in [0.2, 0.25) is 0 Å². The summed E-state index contributed by atoms with van der Waals surface area (Å²) in [6, 6.07) is 14.9. The molecule has 2 amide bonds. The zero-order valence-corrected chi connectivity index (χ0v) is 17.3. The fourth-order valence-electron chi connectivity index (χ4n) is 2.77. The zero-order chi connectivity index (χ0) is 23.7. The average molecular weight is 434 g/mol. The van der Waals surface area contributed by atoms with Gasteiger partial charge in [0, 0.05) is 11.4 Å². The predicted octanol–water partition coefficient (Wildman–Crippen LogP) is 1.67. The Morgan fingerprint density at radius 1 is 0.750 bits per heavy atom. The van der Waals surface area contributed by atoms with Crippen LogP contribution in [0.25, 0.3) is 0 Å². The van der Waals surface area contributed by atoms with Crippen LogP contribution in [-0.2, 0) is 19.1 Å². The van der Waals surface area contributed by atoms with Crippen molar-refractivity contribution in [1.82, 2.24) is 0 Å². The molecule has 0 N–H and O–H groups in total. The van der Waals surface area contributed by atoms with Gasteiger partial charge in [-0.05, 0) is 36.4 Å². The Labute approximate surface area is 183 Å². The minimum absolute atomic E-state index is 0.118. The van der Waals surface area contributed by atoms with E-state index < -0.39 is 36.8 Å². The number of ether oxygens (including phenoxy) is 2. The first-order valence-corrected chi connectivity index (χ1v) is 9.12. The summed E-state index contributed by atoms with van der Waals surface area (Å²) in [5.74, 6) is -3.53. The second-order valence-corrected chi connectivity index (χ2v) is 6.18. The number of anilines is 2. The number of hydrogen-bond acceptors (Lipinski definition) is 8. The topological polar surface area (TPSA) is 141 Å². The van der Waals surface area contributed by atoms with Crippen LogP contribution in [0.5, 0.6) is 0 Å². The van der Waals surface area contributed by atoms with E-state index in [0.29, 0.717) is 0 Å². The van der Waals surface area contributed by atoms with Gasteiger partial charge in [-0.25, -0.2) is 9.59 Å². The van der Waals surface area contributed by atoms with E-state index >= 15 is 0 Å². The normalized spacial score (nSPS) is 9.62. The molecule has 0 unspecified atom stereocenters. The van der Waals surface area contributed by atoms with Gasteiger partial charge in [0.05, 0.1) is 37.5 Å². The van der Waals surface area contributed by atoms with Gasteiger partial charge in [-0.1, -0.05) is 12.1 Å². The minimum atomic E-state index is -1.10. The van der Waals surface area contributed by atoms with Crippen molar-refractivity contribution in [3.8, 4) is 12.1 Å². The summed E-state index contributed by atoms with van der Waals surface area (Å²) in [5, 5.41) is 18.3. The number of hydrogen-bond donors (Lipinski definition) is 0. The summed E-state index contributed by atoms with van der Waals surface area (Å²) in [6.07, 6.45) is 0. The number of benzene rings is 2. The maximum absolute atomic E-state index is 13.0. The highest BCUT2D eigenvalue weighted by atomic mass is 16.5. The quantitative estimate of drug-likeness (QED) is 0.380. The van der Waals surface area contributed by atoms with Gasteiger partial charge in [0.2, 0.25) is 0 Å². The number of carbonyl (C=O) groups is 4. The standard InChI is InChI=1S/C22H18N4O6/c1-31-21(29)15-5-3-7-17(13-15)25(11-9-23)19(27)20(28)26(12-10-24)18-8-4-6-16(14-18)22(30)32-2/h3-8,13-14H,11-12H2,1-2H3. The van der Waals surface area contributed by atoms with Crippen LogP contribution in [-0.4, -0.2) is 51.1 Å². The number of carbonyl (C=O) groups excluding carboxylic acids is 4. The molecule has 0 radical (unpaired) electrons. The number of amides is 2. The van der Waals surface area contributed by atoms with Crippen molar-refractivity contribution in [3.05, 3.63) is 59.7 Å². The van der Waals surface area contributed by atoms with Crippen molar-refractivity contribution in [3.63, 3.8) is 0 Å². The monoisotopic (exact) mass is 434 g/mol. The van der Waals surface area contributed by atoms with Crippen LogP contribution in [0.3, 0.4) is 0 Å². The van der Waals surface area contributed by atoms with Crippen LogP contribution in [0.4, 0.5) is 11.4 Å². The van der Waals surface area contributed by atoms with E-state index in [1.807, 2.05) is 0 Å². The van der Waals surface area contributed by atoms with E-state index in [9.17, 15) is 29.7 Å². The SMILES string of the molecule is COC(=O)c1cccc(N(CC#N)C(=O)C(=O)N(CC#N)c2cccc(C(=O)OC)c2)c1. The number of rotatable bonds is 6. The molecule has 0 aliphatic heterocycles. The van der Waals surface area contributed by atoms with Gasteiger partial charge in [0.15, 0.2) is 0 Å². The third kappa shape index (κ3) is 5.26. The Morgan fingerprint density at radius 3 is 1.44 bits per heavy atom. The molecule has 0 heterocycles. The number of methoxy groups -OCH3 is 2. The van der Waals surface area contributed by atoms with E-state index in [4.69, 9.17) is 0 Å². The Bertz CT molecular complexity index is 1040. The molecule has 0 saturated heterocycles. The van der Waals surface area contributed by atoms with Gasteiger partial charge in [-0.15, -0.1) is 0 Å². The lowest BCUT2D eigenvalue weighted by atomic mass is 10.1. The summed E-state index contributed by atoms with van der Waals surface area (Å²) < 4.78 is 9.30. The molecule has 0 aliphatic carbocycles. The highest BCUT2D eigenvalue weighted by Crippen LogP contribution is 2.21. The maximum Gasteiger partial charge on any atom is 0.337 e. The van der Waals surface area contributed by atoms with Crippen molar-refractivity contribution in [2.75, 3.05) is 37.1 Å². The van der Waals surface area contributed by atoms with Gasteiger partial charge in [0.25, 0.3) is 0 Å². The number of nitrogens with zero attached hydrogens (tertiary/aromatic N) is 4. The van der Waals surface area contributed by atoms with Gasteiger partial charge < -0.3 is 9.47 Å². The van der Waals surface area contributed by atoms with Crippen LogP contribution in [0.1, 0.15) is 20.7 Å². The van der Waals surface area contributed by atoms with E-state index in [1.54, 1.807) is 12.1 Å². The molecular weight excluding hydrogens is 416 g/mol. The Balaban J connectivity index is 2.44. The molecule has 0 atom stereocenters. The molecule has 2 aromatic carbocycles. The summed E-state index contributed by atoms with van der Waals surface area (Å²) in [6.45, 7) is -0.977. The van der Waals surface area contributed by atoms with Crippen LogP contribution in [0.15, 0.2) is 48.5 Å². The second-order valence-electron chi connectivity index (χ2n) is 6.18. The van der Waals surface area contributed by atoms with E-state index in [2.05, 4.69) is 9.47 Å². The Morgan fingerprint density at radius 2 is 1.12 bits per heavy atom. The van der Waals surface area contributed by atoms with Crippen molar-refractivity contribution in [2.45, 2.75) is 0 Å². The van der Waals surface area contributed by atoms with Gasteiger partial charge >= 0.3 is 23.8 Å². The summed E-state index contributed by atoms with van der Waals surface area (Å²) in [7, 11) is 2.39. The third-order valence-corrected chi connectivity index (χ3v) is 4.29. The summed E-state index contributed by atoms with van der Waals surface area (Å²) >= 11 is 0. The van der Waals surface area contributed by atoms with Crippen molar-refractivity contribution < 1.29 is 28.7 Å². The number of esters is 2. The zero-order valence-electron chi connectivity index (χ0n) is 17.3. The molecule has 0 fully saturated rings. The summed E-state index contributed by atoms with van der Waals surface area (Å²) in [4.78, 5) is 51.4. The number of nitriles is 2. The molecule has 10 heteroatoms. The van der Waals surface area contributed by atoms with Crippen LogP contribution >= 0.6 is 0 Å². The molecule has 2 aromatic rings. The van der Waals surface area contributed by atoms with Crippen molar-refractivity contribution in [2.24, 2.45) is 0 Å². The molecule has 10 nitrogen and oxygen atoms in total. The molecule has 0 spiro atoms. The Kier molecular flexibility index (Phi) is 8.03. The first-order chi connectivity index (χ1) is 15.4. The van der Waals surface area contributed by atoms with Crippen molar-refractivity contribution >= 4 is 35.1 Å². The van der Waals surface area contributed by atoms with Gasteiger partial charge in [-0.2, -0.15) is 10.5 Å². The minimum Gasteiger partial charge on any atom is -0.465 e. The van der Waals surface area contributed by atoms with E-state index in [0.717, 1.165) is 9.80 Å². The second kappa shape index (κ2) is 10.9. The predicted molar refractivity (Wildman–Crippen MR) is 111 cm³/mol. The first-order valence-electron chi connectivity index (χ1n) is 9.12. The fourth-order valence-corrected chi connectivity index (χ4v) is 2.77. The lowest BCUT2D eigenvalue weighted by Crippen LogP contribution is -2.46. The van der Waals surface area contributed by atoms with Crippen LogP contribution < -0.4 is 9.80 Å². The Hall–Kier alpha value is -4.70. The molecular formula is C22H18N4O6. The third-order valence-electron chi connectivity index (χ3n) is 4.29. The van der Waals surface area contributed by atoms with Gasteiger partial charge in [-0.3, -0.25) is 19.4 Å². The van der Waals surface area contributed by atoms with Crippen molar-refractivity contribution in [1.29, 1.82) is 10.5 Å². The molecule has 0 bridgehead atoms. The molecule has 0 aliphatic rings. The average Bonchev–Trinajstić information content (AvgIpc) is 2.84. The van der Waals surface area contributed by atoms with E-state index in [-0.39, 0.29) is 22.5 Å². The fraction of sp³-hybridized carbons (Fsp3) is 0.182. The summed E-state index contributed by atoms with van der Waals surface area (Å²) in [5.41, 5.74) is 0.474. The largest absolute Gasteiger partial charge is 0.465 e. The van der Waals surface area contributed by atoms with Gasteiger partial charge in [0.1, 0.15) is 13.1 Å². The lowest BCUT2D eigenvalue weighted by molar-refractivity contribution is -0.135. The smallest absolute Gasteiger partial charge is 0.337 e. The first kappa shape index (κ1) is 23.6. The maximum atomic E-state index is 13.0. The molecule has 162 valence electrons.